The van der Waals surface area contributed by atoms with E-state index in [4.69, 9.17) is 11.5 Å². The van der Waals surface area contributed by atoms with E-state index in [2.05, 4.69) is 4.98 Å². The standard InChI is InChI=1S/C17H16FN3/c1-10-6-17(20)21-16-8-14(15(18)7-13(10)16)12-4-2-11(9-19)3-5-12/h2-8H,9,19H2,1H3,(H2,20,21). The number of aromatic nitrogens is 1. The van der Waals surface area contributed by atoms with E-state index >= 15 is 0 Å². The molecule has 0 fully saturated rings. The number of benzene rings is 2. The van der Waals surface area contributed by atoms with Gasteiger partial charge in [-0.1, -0.05) is 24.3 Å². The van der Waals surface area contributed by atoms with Gasteiger partial charge in [0.2, 0.25) is 0 Å². The lowest BCUT2D eigenvalue weighted by Gasteiger charge is -2.09. The molecular weight excluding hydrogens is 265 g/mol. The van der Waals surface area contributed by atoms with Gasteiger partial charge in [-0.2, -0.15) is 0 Å². The van der Waals surface area contributed by atoms with Gasteiger partial charge in [0.15, 0.2) is 0 Å². The molecule has 0 aliphatic rings. The first kappa shape index (κ1) is 13.5. The molecule has 3 aromatic rings. The second kappa shape index (κ2) is 5.14. The summed E-state index contributed by atoms with van der Waals surface area (Å²) in [6, 6.07) is 12.5. The number of aryl methyl sites for hydroxylation is 1. The van der Waals surface area contributed by atoms with E-state index in [1.165, 1.54) is 6.07 Å². The number of fused-ring (bicyclic) bond motifs is 1. The molecule has 0 saturated carbocycles. The lowest BCUT2D eigenvalue weighted by molar-refractivity contribution is 0.633. The van der Waals surface area contributed by atoms with Gasteiger partial charge >= 0.3 is 0 Å². The van der Waals surface area contributed by atoms with Gasteiger partial charge in [0.1, 0.15) is 11.6 Å². The highest BCUT2D eigenvalue weighted by molar-refractivity contribution is 5.88. The Labute approximate surface area is 122 Å². The molecule has 1 heterocycles. The molecule has 3 nitrogen and oxygen atoms in total. The molecule has 0 amide bonds. The van der Waals surface area contributed by atoms with Crippen molar-refractivity contribution in [2.75, 3.05) is 5.73 Å². The van der Waals surface area contributed by atoms with Crippen molar-refractivity contribution in [1.82, 2.24) is 4.98 Å². The molecule has 21 heavy (non-hydrogen) atoms. The molecule has 0 unspecified atom stereocenters. The highest BCUT2D eigenvalue weighted by Gasteiger charge is 2.10. The summed E-state index contributed by atoms with van der Waals surface area (Å²) in [7, 11) is 0. The fraction of sp³-hybridized carbons (Fsp3) is 0.118. The molecule has 4 heteroatoms. The van der Waals surface area contributed by atoms with Crippen LogP contribution in [-0.4, -0.2) is 4.98 Å². The minimum absolute atomic E-state index is 0.266. The van der Waals surface area contributed by atoms with Crippen LogP contribution in [0.15, 0.2) is 42.5 Å². The summed E-state index contributed by atoms with van der Waals surface area (Å²) < 4.78 is 14.4. The lowest BCUT2D eigenvalue weighted by Crippen LogP contribution is -1.96. The van der Waals surface area contributed by atoms with E-state index in [1.807, 2.05) is 31.2 Å². The van der Waals surface area contributed by atoms with E-state index in [1.54, 1.807) is 12.1 Å². The maximum absolute atomic E-state index is 14.4. The van der Waals surface area contributed by atoms with Gasteiger partial charge in [-0.25, -0.2) is 9.37 Å². The molecule has 1 aromatic heterocycles. The SMILES string of the molecule is Cc1cc(N)nc2cc(-c3ccc(CN)cc3)c(F)cc12. The molecule has 3 rings (SSSR count). The smallest absolute Gasteiger partial charge is 0.131 e. The normalized spacial score (nSPS) is 11.0. The summed E-state index contributed by atoms with van der Waals surface area (Å²) in [4.78, 5) is 4.29. The summed E-state index contributed by atoms with van der Waals surface area (Å²) in [5, 5.41) is 0.782. The third-order valence-corrected chi connectivity index (χ3v) is 3.62. The number of nitrogens with two attached hydrogens (primary N) is 2. The first-order valence-corrected chi connectivity index (χ1v) is 6.74. The van der Waals surface area contributed by atoms with Crippen LogP contribution in [0.25, 0.3) is 22.0 Å². The molecular formula is C17H16FN3. The van der Waals surface area contributed by atoms with Crippen LogP contribution in [0.3, 0.4) is 0 Å². The predicted octanol–water partition coefficient (Wildman–Crippen LogP) is 3.39. The van der Waals surface area contributed by atoms with Gasteiger partial charge in [0, 0.05) is 17.5 Å². The fourth-order valence-corrected chi connectivity index (χ4v) is 2.48. The summed E-state index contributed by atoms with van der Waals surface area (Å²) in [6.45, 7) is 2.37. The number of nitrogen functional groups attached to an aromatic ring is 1. The zero-order chi connectivity index (χ0) is 15.0. The first-order valence-electron chi connectivity index (χ1n) is 6.74. The van der Waals surface area contributed by atoms with Crippen LogP contribution in [0.4, 0.5) is 10.2 Å². The van der Waals surface area contributed by atoms with Crippen molar-refractivity contribution in [3.8, 4) is 11.1 Å². The summed E-state index contributed by atoms with van der Waals surface area (Å²) in [5.41, 5.74) is 15.3. The van der Waals surface area contributed by atoms with Crippen molar-refractivity contribution in [2.24, 2.45) is 5.73 Å². The number of nitrogens with zero attached hydrogens (tertiary/aromatic N) is 1. The number of hydrogen-bond donors (Lipinski definition) is 2. The maximum atomic E-state index is 14.4. The largest absolute Gasteiger partial charge is 0.384 e. The van der Waals surface area contributed by atoms with Gasteiger partial charge in [0.05, 0.1) is 5.52 Å². The molecule has 0 atom stereocenters. The van der Waals surface area contributed by atoms with Crippen LogP contribution in [0.1, 0.15) is 11.1 Å². The van der Waals surface area contributed by atoms with Crippen molar-refractivity contribution in [3.05, 3.63) is 59.4 Å². The van der Waals surface area contributed by atoms with Crippen LogP contribution < -0.4 is 11.5 Å². The van der Waals surface area contributed by atoms with Crippen LogP contribution in [-0.2, 0) is 6.54 Å². The van der Waals surface area contributed by atoms with Crippen molar-refractivity contribution in [2.45, 2.75) is 13.5 Å². The van der Waals surface area contributed by atoms with Gasteiger partial charge < -0.3 is 11.5 Å². The van der Waals surface area contributed by atoms with Gasteiger partial charge in [0.25, 0.3) is 0 Å². The molecule has 0 saturated heterocycles. The zero-order valence-corrected chi connectivity index (χ0v) is 11.7. The van der Waals surface area contributed by atoms with Crippen molar-refractivity contribution in [3.63, 3.8) is 0 Å². The van der Waals surface area contributed by atoms with Crippen molar-refractivity contribution in [1.29, 1.82) is 0 Å². The highest BCUT2D eigenvalue weighted by Crippen LogP contribution is 2.29. The summed E-state index contributed by atoms with van der Waals surface area (Å²) in [5.74, 6) is 0.175. The molecule has 0 bridgehead atoms. The second-order valence-electron chi connectivity index (χ2n) is 5.11. The van der Waals surface area contributed by atoms with Crippen molar-refractivity contribution >= 4 is 16.7 Å². The molecule has 0 aliphatic carbocycles. The predicted molar refractivity (Wildman–Crippen MR) is 84.2 cm³/mol. The topological polar surface area (TPSA) is 64.9 Å². The summed E-state index contributed by atoms with van der Waals surface area (Å²) >= 11 is 0. The molecule has 4 N–H and O–H groups in total. The second-order valence-corrected chi connectivity index (χ2v) is 5.11. The van der Waals surface area contributed by atoms with E-state index < -0.39 is 0 Å². The molecule has 106 valence electrons. The zero-order valence-electron chi connectivity index (χ0n) is 11.7. The number of pyridine rings is 1. The maximum Gasteiger partial charge on any atom is 0.131 e. The third-order valence-electron chi connectivity index (χ3n) is 3.62. The van der Waals surface area contributed by atoms with Crippen LogP contribution >= 0.6 is 0 Å². The quantitative estimate of drug-likeness (QED) is 0.756. The van der Waals surface area contributed by atoms with Crippen LogP contribution in [0, 0.1) is 12.7 Å². The molecule has 2 aromatic carbocycles. The lowest BCUT2D eigenvalue weighted by atomic mass is 10.00. The fourth-order valence-electron chi connectivity index (χ4n) is 2.48. The van der Waals surface area contributed by atoms with E-state index in [0.717, 1.165) is 22.1 Å². The Morgan fingerprint density at radius 2 is 1.81 bits per heavy atom. The van der Waals surface area contributed by atoms with Crippen molar-refractivity contribution < 1.29 is 4.39 Å². The molecule has 0 radical (unpaired) electrons. The van der Waals surface area contributed by atoms with Crippen LogP contribution in [0.5, 0.6) is 0 Å². The van der Waals surface area contributed by atoms with Crippen LogP contribution in [0.2, 0.25) is 0 Å². The van der Waals surface area contributed by atoms with E-state index in [0.29, 0.717) is 23.4 Å². The van der Waals surface area contributed by atoms with Gasteiger partial charge in [-0.3, -0.25) is 0 Å². The minimum Gasteiger partial charge on any atom is -0.384 e. The highest BCUT2D eigenvalue weighted by atomic mass is 19.1. The Bertz CT molecular complexity index is 810. The number of hydrogen-bond acceptors (Lipinski definition) is 3. The Balaban J connectivity index is 2.20. The Hall–Kier alpha value is -2.46. The van der Waals surface area contributed by atoms with E-state index in [-0.39, 0.29) is 5.82 Å². The monoisotopic (exact) mass is 281 g/mol. The third kappa shape index (κ3) is 2.45. The van der Waals surface area contributed by atoms with E-state index in [9.17, 15) is 4.39 Å². The van der Waals surface area contributed by atoms with Gasteiger partial charge in [-0.05, 0) is 41.8 Å². The number of rotatable bonds is 2. The average molecular weight is 281 g/mol. The average Bonchev–Trinajstić information content (AvgIpc) is 2.48. The Morgan fingerprint density at radius 1 is 1.10 bits per heavy atom. The molecule has 0 aliphatic heterocycles. The first-order chi connectivity index (χ1) is 10.1. The minimum atomic E-state index is -0.266. The molecule has 0 spiro atoms. The Kier molecular flexibility index (Phi) is 3.31. The summed E-state index contributed by atoms with van der Waals surface area (Å²) in [6.07, 6.45) is 0. The number of anilines is 1. The van der Waals surface area contributed by atoms with Gasteiger partial charge in [-0.15, -0.1) is 0 Å². The Morgan fingerprint density at radius 3 is 2.48 bits per heavy atom. The number of halogens is 1.